The average Bonchev–Trinajstić information content (AvgIpc) is 3.31. The molecule has 1 aliphatic heterocycles. The Morgan fingerprint density at radius 3 is 2.69 bits per heavy atom. The van der Waals surface area contributed by atoms with Crippen molar-refractivity contribution in [3.8, 4) is 0 Å². The van der Waals surface area contributed by atoms with Crippen LogP contribution in [0.25, 0.3) is 0 Å². The van der Waals surface area contributed by atoms with Crippen LogP contribution in [0.1, 0.15) is 41.7 Å². The highest BCUT2D eigenvalue weighted by atomic mass is 32.1. The monoisotopic (exact) mass is 368 g/mol. The number of carbonyl (C=O) groups is 1. The Morgan fingerprint density at radius 2 is 1.96 bits per heavy atom. The van der Waals surface area contributed by atoms with Gasteiger partial charge in [0.15, 0.2) is 0 Å². The number of amides is 1. The van der Waals surface area contributed by atoms with Gasteiger partial charge in [0.25, 0.3) is 0 Å². The summed E-state index contributed by atoms with van der Waals surface area (Å²) in [5.41, 5.74) is 3.02. The molecule has 0 radical (unpaired) electrons. The molecule has 1 atom stereocenters. The fraction of sp³-hybridized carbons (Fsp3) is 0.500. The maximum Gasteiger partial charge on any atom is 0.220 e. The highest BCUT2D eigenvalue weighted by Crippen LogP contribution is 2.27. The number of carbonyl (C=O) groups excluding carboxylic acids is 1. The van der Waals surface area contributed by atoms with Crippen molar-refractivity contribution in [2.45, 2.75) is 57.0 Å². The standard InChI is InChI=1S/C22H28N2OS/c25-22(11-3-9-21-10-5-13-26-21)23-19-8-4-12-24(16-19)20-14-17-6-1-2-7-18(17)15-20/h1-2,5-7,10,13,19-20H,3-4,8-9,11-12,14-16H2,(H,23,25)/t19-/m0/s1. The van der Waals surface area contributed by atoms with Crippen LogP contribution in [0.2, 0.25) is 0 Å². The van der Waals surface area contributed by atoms with E-state index in [0.29, 0.717) is 18.5 Å². The third-order valence-electron chi connectivity index (χ3n) is 5.77. The van der Waals surface area contributed by atoms with Crippen molar-refractivity contribution in [3.63, 3.8) is 0 Å². The molecular formula is C22H28N2OS. The van der Waals surface area contributed by atoms with Crippen LogP contribution in [0.3, 0.4) is 0 Å². The summed E-state index contributed by atoms with van der Waals surface area (Å²) < 4.78 is 0. The summed E-state index contributed by atoms with van der Waals surface area (Å²) in [4.78, 5) is 16.3. The number of hydrogen-bond acceptors (Lipinski definition) is 3. The number of piperidine rings is 1. The van der Waals surface area contributed by atoms with Crippen molar-refractivity contribution < 1.29 is 4.79 Å². The van der Waals surface area contributed by atoms with Gasteiger partial charge >= 0.3 is 0 Å². The van der Waals surface area contributed by atoms with Crippen LogP contribution in [-0.2, 0) is 24.1 Å². The minimum atomic E-state index is 0.225. The Hall–Kier alpha value is -1.65. The second kappa shape index (κ2) is 8.36. The lowest BCUT2D eigenvalue weighted by atomic mass is 10.0. The van der Waals surface area contributed by atoms with Gasteiger partial charge in [-0.05, 0) is 67.6 Å². The van der Waals surface area contributed by atoms with Gasteiger partial charge in [-0.3, -0.25) is 9.69 Å². The molecule has 2 aliphatic rings. The molecule has 1 aromatic heterocycles. The lowest BCUT2D eigenvalue weighted by molar-refractivity contribution is -0.122. The number of nitrogens with one attached hydrogen (secondary N) is 1. The zero-order valence-corrected chi connectivity index (χ0v) is 16.1. The number of benzene rings is 1. The first-order valence-corrected chi connectivity index (χ1v) is 10.8. The first-order valence-electron chi connectivity index (χ1n) is 9.90. The van der Waals surface area contributed by atoms with Crippen molar-refractivity contribution in [1.29, 1.82) is 0 Å². The molecule has 1 aromatic carbocycles. The lowest BCUT2D eigenvalue weighted by Gasteiger charge is -2.37. The molecule has 1 amide bonds. The van der Waals surface area contributed by atoms with E-state index >= 15 is 0 Å². The number of likely N-dealkylation sites (tertiary alicyclic amines) is 1. The fourth-order valence-electron chi connectivity index (χ4n) is 4.43. The van der Waals surface area contributed by atoms with Crippen molar-refractivity contribution in [2.75, 3.05) is 13.1 Å². The molecule has 2 aromatic rings. The van der Waals surface area contributed by atoms with E-state index in [0.717, 1.165) is 38.6 Å². The quantitative estimate of drug-likeness (QED) is 0.841. The van der Waals surface area contributed by atoms with Gasteiger partial charge in [0.1, 0.15) is 0 Å². The van der Waals surface area contributed by atoms with Crippen LogP contribution in [0.15, 0.2) is 41.8 Å². The Balaban J connectivity index is 1.23. The van der Waals surface area contributed by atoms with Crippen LogP contribution in [0.4, 0.5) is 0 Å². The van der Waals surface area contributed by atoms with Gasteiger partial charge in [0, 0.05) is 29.9 Å². The van der Waals surface area contributed by atoms with Crippen LogP contribution >= 0.6 is 11.3 Å². The predicted molar refractivity (Wildman–Crippen MR) is 108 cm³/mol. The first kappa shape index (κ1) is 17.7. The van der Waals surface area contributed by atoms with E-state index in [1.165, 1.54) is 29.0 Å². The van der Waals surface area contributed by atoms with Crippen LogP contribution in [0, 0.1) is 0 Å². The first-order chi connectivity index (χ1) is 12.8. The molecule has 0 unspecified atom stereocenters. The number of hydrogen-bond donors (Lipinski definition) is 1. The minimum absolute atomic E-state index is 0.225. The minimum Gasteiger partial charge on any atom is -0.352 e. The van der Waals surface area contributed by atoms with E-state index in [1.807, 2.05) is 0 Å². The van der Waals surface area contributed by atoms with E-state index < -0.39 is 0 Å². The van der Waals surface area contributed by atoms with Crippen molar-refractivity contribution in [2.24, 2.45) is 0 Å². The molecule has 1 fully saturated rings. The molecule has 0 bridgehead atoms. The molecule has 4 rings (SSSR count). The Kier molecular flexibility index (Phi) is 5.71. The summed E-state index contributed by atoms with van der Waals surface area (Å²) in [5.74, 6) is 0.225. The van der Waals surface area contributed by atoms with Crippen molar-refractivity contribution >= 4 is 17.2 Å². The SMILES string of the molecule is O=C(CCCc1cccs1)N[C@H]1CCCN(C2Cc3ccccc3C2)C1. The molecule has 26 heavy (non-hydrogen) atoms. The zero-order valence-electron chi connectivity index (χ0n) is 15.3. The summed E-state index contributed by atoms with van der Waals surface area (Å²) in [7, 11) is 0. The summed E-state index contributed by atoms with van der Waals surface area (Å²) >= 11 is 1.78. The maximum atomic E-state index is 12.3. The third kappa shape index (κ3) is 4.36. The van der Waals surface area contributed by atoms with Crippen molar-refractivity contribution in [3.05, 3.63) is 57.8 Å². The predicted octanol–water partition coefficient (Wildman–Crippen LogP) is 3.82. The fourth-order valence-corrected chi connectivity index (χ4v) is 5.18. The van der Waals surface area contributed by atoms with Gasteiger partial charge in [-0.25, -0.2) is 0 Å². The van der Waals surface area contributed by atoms with Gasteiger partial charge < -0.3 is 5.32 Å². The van der Waals surface area contributed by atoms with Gasteiger partial charge in [0.2, 0.25) is 5.91 Å². The summed E-state index contributed by atoms with van der Waals surface area (Å²) in [6, 6.07) is 14.0. The van der Waals surface area contributed by atoms with Crippen LogP contribution < -0.4 is 5.32 Å². The summed E-state index contributed by atoms with van der Waals surface area (Å²) in [6.45, 7) is 2.18. The van der Waals surface area contributed by atoms with E-state index in [4.69, 9.17) is 0 Å². The largest absolute Gasteiger partial charge is 0.352 e. The van der Waals surface area contributed by atoms with Gasteiger partial charge in [0.05, 0.1) is 0 Å². The average molecular weight is 369 g/mol. The smallest absolute Gasteiger partial charge is 0.220 e. The van der Waals surface area contributed by atoms with E-state index in [1.54, 1.807) is 11.3 Å². The van der Waals surface area contributed by atoms with E-state index in [-0.39, 0.29) is 5.91 Å². The van der Waals surface area contributed by atoms with E-state index in [9.17, 15) is 4.79 Å². The molecule has 1 N–H and O–H groups in total. The number of thiophene rings is 1. The number of fused-ring (bicyclic) bond motifs is 1. The van der Waals surface area contributed by atoms with E-state index in [2.05, 4.69) is 52.0 Å². The molecule has 138 valence electrons. The third-order valence-corrected chi connectivity index (χ3v) is 6.71. The molecule has 1 saturated heterocycles. The number of rotatable bonds is 6. The molecule has 0 spiro atoms. The maximum absolute atomic E-state index is 12.3. The Bertz CT molecular complexity index is 703. The molecule has 3 nitrogen and oxygen atoms in total. The number of nitrogens with zero attached hydrogens (tertiary/aromatic N) is 1. The Morgan fingerprint density at radius 1 is 1.15 bits per heavy atom. The number of aryl methyl sites for hydroxylation is 1. The molecule has 2 heterocycles. The van der Waals surface area contributed by atoms with Crippen molar-refractivity contribution in [1.82, 2.24) is 10.2 Å². The summed E-state index contributed by atoms with van der Waals surface area (Å²) in [5, 5.41) is 5.40. The van der Waals surface area contributed by atoms with Gasteiger partial charge in [-0.1, -0.05) is 30.3 Å². The molecule has 1 aliphatic carbocycles. The molecular weight excluding hydrogens is 340 g/mol. The zero-order chi connectivity index (χ0) is 17.8. The van der Waals surface area contributed by atoms with Gasteiger partial charge in [-0.15, -0.1) is 11.3 Å². The summed E-state index contributed by atoms with van der Waals surface area (Å²) in [6.07, 6.45) is 7.24. The molecule has 4 heteroatoms. The van der Waals surface area contributed by atoms with Gasteiger partial charge in [-0.2, -0.15) is 0 Å². The van der Waals surface area contributed by atoms with Crippen LogP contribution in [0.5, 0.6) is 0 Å². The highest BCUT2D eigenvalue weighted by Gasteiger charge is 2.30. The normalized spacial score (nSPS) is 20.8. The second-order valence-corrected chi connectivity index (χ2v) is 8.70. The second-order valence-electron chi connectivity index (χ2n) is 7.67. The lowest BCUT2D eigenvalue weighted by Crippen LogP contribution is -2.51. The van der Waals surface area contributed by atoms with Crippen LogP contribution in [-0.4, -0.2) is 36.0 Å². The molecule has 0 saturated carbocycles. The topological polar surface area (TPSA) is 32.3 Å². The Labute approximate surface area is 160 Å². The highest BCUT2D eigenvalue weighted by molar-refractivity contribution is 7.09.